The topological polar surface area (TPSA) is 49.7 Å². The van der Waals surface area contributed by atoms with E-state index in [4.69, 9.17) is 4.74 Å². The monoisotopic (exact) mass is 240 g/mol. The summed E-state index contributed by atoms with van der Waals surface area (Å²) in [5.74, 6) is 0.138. The highest BCUT2D eigenvalue weighted by molar-refractivity contribution is 5.32. The molecule has 17 heavy (non-hydrogen) atoms. The molecule has 0 aromatic heterocycles. The summed E-state index contributed by atoms with van der Waals surface area (Å²) >= 11 is 0. The van der Waals surface area contributed by atoms with Crippen molar-refractivity contribution in [1.82, 2.24) is 0 Å². The number of halogens is 1. The lowest BCUT2D eigenvalue weighted by molar-refractivity contribution is -0.0157. The zero-order valence-electron chi connectivity index (χ0n) is 9.77. The Morgan fingerprint density at radius 2 is 1.82 bits per heavy atom. The minimum absolute atomic E-state index is 0.255. The maximum absolute atomic E-state index is 13.1. The lowest BCUT2D eigenvalue weighted by atomic mass is 9.92. The van der Waals surface area contributed by atoms with Gasteiger partial charge in [0.15, 0.2) is 0 Å². The summed E-state index contributed by atoms with van der Waals surface area (Å²) < 4.78 is 18.7. The van der Waals surface area contributed by atoms with Crippen molar-refractivity contribution in [3.8, 4) is 5.75 Å². The van der Waals surface area contributed by atoms with E-state index in [9.17, 15) is 14.6 Å². The molecule has 1 saturated carbocycles. The van der Waals surface area contributed by atoms with E-state index >= 15 is 0 Å². The number of benzene rings is 1. The van der Waals surface area contributed by atoms with Gasteiger partial charge < -0.3 is 14.9 Å². The van der Waals surface area contributed by atoms with Gasteiger partial charge in [0.25, 0.3) is 0 Å². The van der Waals surface area contributed by atoms with Crippen LogP contribution in [-0.2, 0) is 0 Å². The van der Waals surface area contributed by atoms with Crippen LogP contribution in [0.15, 0.2) is 18.2 Å². The van der Waals surface area contributed by atoms with Crippen LogP contribution in [0, 0.1) is 12.7 Å². The molecule has 3 atom stereocenters. The van der Waals surface area contributed by atoms with Crippen molar-refractivity contribution < 1.29 is 19.3 Å². The molecule has 0 aliphatic heterocycles. The molecule has 3 nitrogen and oxygen atoms in total. The van der Waals surface area contributed by atoms with Gasteiger partial charge in [-0.05, 0) is 25.0 Å². The molecule has 94 valence electrons. The van der Waals surface area contributed by atoms with Crippen molar-refractivity contribution in [2.24, 2.45) is 0 Å². The van der Waals surface area contributed by atoms with Crippen LogP contribution >= 0.6 is 0 Å². The summed E-state index contributed by atoms with van der Waals surface area (Å²) in [5.41, 5.74) is 0.848. The maximum Gasteiger partial charge on any atom is 0.126 e. The fourth-order valence-corrected chi connectivity index (χ4v) is 2.19. The number of aliphatic hydroxyl groups is 2. The molecule has 1 aromatic rings. The van der Waals surface area contributed by atoms with Crippen LogP contribution in [0.4, 0.5) is 4.39 Å². The summed E-state index contributed by atoms with van der Waals surface area (Å²) in [5, 5.41) is 19.1. The van der Waals surface area contributed by atoms with Gasteiger partial charge in [0, 0.05) is 18.9 Å². The van der Waals surface area contributed by atoms with Crippen LogP contribution in [0.25, 0.3) is 0 Å². The Labute approximate surface area is 99.8 Å². The molecule has 0 radical (unpaired) electrons. The maximum atomic E-state index is 13.1. The van der Waals surface area contributed by atoms with E-state index < -0.39 is 12.2 Å². The van der Waals surface area contributed by atoms with Crippen LogP contribution in [0.1, 0.15) is 24.8 Å². The van der Waals surface area contributed by atoms with Gasteiger partial charge in [-0.1, -0.05) is 6.07 Å². The fraction of sp³-hybridized carbons (Fsp3) is 0.538. The second-order valence-electron chi connectivity index (χ2n) is 4.66. The molecule has 1 aliphatic carbocycles. The van der Waals surface area contributed by atoms with Gasteiger partial charge >= 0.3 is 0 Å². The predicted molar refractivity (Wildman–Crippen MR) is 61.4 cm³/mol. The van der Waals surface area contributed by atoms with Gasteiger partial charge in [0.05, 0.1) is 12.2 Å². The van der Waals surface area contributed by atoms with E-state index in [0.717, 1.165) is 5.56 Å². The summed E-state index contributed by atoms with van der Waals surface area (Å²) in [6, 6.07) is 4.37. The zero-order chi connectivity index (χ0) is 12.4. The van der Waals surface area contributed by atoms with Crippen molar-refractivity contribution in [2.45, 2.75) is 44.5 Å². The van der Waals surface area contributed by atoms with Gasteiger partial charge in [-0.15, -0.1) is 0 Å². The molecule has 0 bridgehead atoms. The SMILES string of the molecule is Cc1ccc(F)cc1OC1C[C@@H](O)C[C@@H](O)C1. The highest BCUT2D eigenvalue weighted by Gasteiger charge is 2.28. The first-order chi connectivity index (χ1) is 8.04. The molecule has 2 N–H and O–H groups in total. The lowest BCUT2D eigenvalue weighted by Crippen LogP contribution is -2.36. The fourth-order valence-electron chi connectivity index (χ4n) is 2.19. The number of hydrogen-bond donors (Lipinski definition) is 2. The van der Waals surface area contributed by atoms with Crippen LogP contribution in [0.2, 0.25) is 0 Å². The highest BCUT2D eigenvalue weighted by atomic mass is 19.1. The van der Waals surface area contributed by atoms with E-state index in [1.165, 1.54) is 12.1 Å². The number of ether oxygens (including phenoxy) is 1. The van der Waals surface area contributed by atoms with Crippen LogP contribution < -0.4 is 4.74 Å². The van der Waals surface area contributed by atoms with Crippen LogP contribution in [0.3, 0.4) is 0 Å². The van der Waals surface area contributed by atoms with Crippen molar-refractivity contribution in [3.05, 3.63) is 29.6 Å². The van der Waals surface area contributed by atoms with Crippen LogP contribution in [-0.4, -0.2) is 28.5 Å². The Morgan fingerprint density at radius 1 is 1.18 bits per heavy atom. The molecule has 2 rings (SSSR count). The quantitative estimate of drug-likeness (QED) is 0.828. The molecule has 0 spiro atoms. The largest absolute Gasteiger partial charge is 0.490 e. The molecule has 0 heterocycles. The molecule has 1 fully saturated rings. The Balaban J connectivity index is 2.07. The van der Waals surface area contributed by atoms with Crippen molar-refractivity contribution in [2.75, 3.05) is 0 Å². The molecule has 1 unspecified atom stereocenters. The van der Waals surface area contributed by atoms with Gasteiger partial charge in [-0.25, -0.2) is 4.39 Å². The number of hydrogen-bond acceptors (Lipinski definition) is 3. The van der Waals surface area contributed by atoms with E-state index in [0.29, 0.717) is 25.0 Å². The average Bonchev–Trinajstić information content (AvgIpc) is 2.22. The average molecular weight is 240 g/mol. The van der Waals surface area contributed by atoms with Gasteiger partial charge in [0.1, 0.15) is 17.7 Å². The zero-order valence-corrected chi connectivity index (χ0v) is 9.77. The standard InChI is InChI=1S/C13H17FO3/c1-8-2-3-9(14)4-13(8)17-12-6-10(15)5-11(16)7-12/h2-4,10-12,15-16H,5-7H2,1H3/t10-,11+,12?. The number of aryl methyl sites for hydroxylation is 1. The van der Waals surface area contributed by atoms with Crippen LogP contribution in [0.5, 0.6) is 5.75 Å². The molecule has 4 heteroatoms. The first-order valence-corrected chi connectivity index (χ1v) is 5.83. The van der Waals surface area contributed by atoms with Crippen molar-refractivity contribution >= 4 is 0 Å². The molecular weight excluding hydrogens is 223 g/mol. The minimum Gasteiger partial charge on any atom is -0.490 e. The molecule has 1 aliphatic rings. The first kappa shape index (κ1) is 12.3. The Morgan fingerprint density at radius 3 is 2.47 bits per heavy atom. The Hall–Kier alpha value is -1.13. The summed E-state index contributed by atoms with van der Waals surface area (Å²) in [6.45, 7) is 1.84. The molecule has 1 aromatic carbocycles. The highest BCUT2D eigenvalue weighted by Crippen LogP contribution is 2.26. The summed E-state index contributed by atoms with van der Waals surface area (Å²) in [4.78, 5) is 0. The van der Waals surface area contributed by atoms with Gasteiger partial charge in [-0.3, -0.25) is 0 Å². The smallest absolute Gasteiger partial charge is 0.126 e. The van der Waals surface area contributed by atoms with E-state index in [2.05, 4.69) is 0 Å². The molecule has 0 amide bonds. The van der Waals surface area contributed by atoms with Gasteiger partial charge in [-0.2, -0.15) is 0 Å². The van der Waals surface area contributed by atoms with Crippen molar-refractivity contribution in [1.29, 1.82) is 0 Å². The van der Waals surface area contributed by atoms with E-state index in [-0.39, 0.29) is 11.9 Å². The lowest BCUT2D eigenvalue weighted by Gasteiger charge is -2.30. The normalized spacial score (nSPS) is 29.1. The van der Waals surface area contributed by atoms with E-state index in [1.54, 1.807) is 6.07 Å². The van der Waals surface area contributed by atoms with Crippen molar-refractivity contribution in [3.63, 3.8) is 0 Å². The second-order valence-corrected chi connectivity index (χ2v) is 4.66. The third kappa shape index (κ3) is 3.17. The molecular formula is C13H17FO3. The third-order valence-corrected chi connectivity index (χ3v) is 3.06. The minimum atomic E-state index is -0.544. The number of rotatable bonds is 2. The Bertz CT molecular complexity index is 384. The predicted octanol–water partition coefficient (Wildman–Crippen LogP) is 1.79. The van der Waals surface area contributed by atoms with E-state index in [1.807, 2.05) is 6.92 Å². The third-order valence-electron chi connectivity index (χ3n) is 3.06. The van der Waals surface area contributed by atoms with Gasteiger partial charge in [0.2, 0.25) is 0 Å². The number of aliphatic hydroxyl groups excluding tert-OH is 2. The summed E-state index contributed by atoms with van der Waals surface area (Å²) in [6.07, 6.45) is 0.00615. The first-order valence-electron chi connectivity index (χ1n) is 5.83. The molecule has 0 saturated heterocycles. The Kier molecular flexibility index (Phi) is 3.64. The second kappa shape index (κ2) is 5.02. The summed E-state index contributed by atoms with van der Waals surface area (Å²) in [7, 11) is 0.